The number of hydrogen-bond acceptors (Lipinski definition) is 5. The van der Waals surface area contributed by atoms with Crippen molar-refractivity contribution in [3.8, 4) is 0 Å². The maximum Gasteiger partial charge on any atom is 0.259 e. The average Bonchev–Trinajstić information content (AvgIpc) is 2.68. The number of nitrogens with one attached hydrogen (secondary N) is 1. The molecular formula is C20H26N4O3S. The van der Waals surface area contributed by atoms with Gasteiger partial charge in [-0.1, -0.05) is 6.92 Å². The number of hydrogen-bond donors (Lipinski definition) is 1. The molecule has 1 fully saturated rings. The van der Waals surface area contributed by atoms with E-state index in [4.69, 9.17) is 0 Å². The zero-order valence-electron chi connectivity index (χ0n) is 16.4. The monoisotopic (exact) mass is 402 g/mol. The van der Waals surface area contributed by atoms with Gasteiger partial charge in [0.1, 0.15) is 5.82 Å². The number of rotatable bonds is 5. The van der Waals surface area contributed by atoms with Crippen LogP contribution < -0.4 is 10.2 Å². The Hall–Kier alpha value is -2.45. The van der Waals surface area contributed by atoms with Gasteiger partial charge in [-0.3, -0.25) is 4.79 Å². The summed E-state index contributed by atoms with van der Waals surface area (Å²) in [5, 5.41) is 2.80. The second-order valence-electron chi connectivity index (χ2n) is 7.36. The second kappa shape index (κ2) is 8.28. The van der Waals surface area contributed by atoms with Crippen molar-refractivity contribution in [2.75, 3.05) is 37.4 Å². The highest BCUT2D eigenvalue weighted by Crippen LogP contribution is 2.25. The van der Waals surface area contributed by atoms with Crippen LogP contribution in [0.5, 0.6) is 0 Å². The molecular weight excluding hydrogens is 376 g/mol. The second-order valence-corrected chi connectivity index (χ2v) is 9.30. The van der Waals surface area contributed by atoms with E-state index < -0.39 is 10.0 Å². The van der Waals surface area contributed by atoms with Crippen molar-refractivity contribution >= 4 is 27.4 Å². The van der Waals surface area contributed by atoms with E-state index in [0.717, 1.165) is 12.8 Å². The zero-order valence-corrected chi connectivity index (χ0v) is 17.2. The first-order valence-electron chi connectivity index (χ1n) is 9.33. The van der Waals surface area contributed by atoms with Crippen LogP contribution in [0.1, 0.15) is 30.1 Å². The summed E-state index contributed by atoms with van der Waals surface area (Å²) in [5.74, 6) is 0.642. The van der Waals surface area contributed by atoms with Gasteiger partial charge in [-0.25, -0.2) is 13.4 Å². The van der Waals surface area contributed by atoms with Crippen LogP contribution in [0.2, 0.25) is 0 Å². The summed E-state index contributed by atoms with van der Waals surface area (Å²) in [7, 11) is 0.133. The van der Waals surface area contributed by atoms with Gasteiger partial charge in [-0.2, -0.15) is 4.31 Å². The molecule has 1 aromatic heterocycles. The Balaban J connectivity index is 1.75. The standard InChI is InChI=1S/C20H26N4O3S/c1-15-6-5-13-24(14-15)28(26,27)17-10-8-16(9-11-17)22-20(25)18-7-4-12-21-19(18)23(2)3/h4,7-12,15H,5-6,13-14H2,1-3H3,(H,22,25). The topological polar surface area (TPSA) is 82.6 Å². The first-order valence-corrected chi connectivity index (χ1v) is 10.8. The van der Waals surface area contributed by atoms with Crippen LogP contribution >= 0.6 is 0 Å². The minimum Gasteiger partial charge on any atom is -0.362 e. The van der Waals surface area contributed by atoms with Gasteiger partial charge in [0.15, 0.2) is 0 Å². The largest absolute Gasteiger partial charge is 0.362 e. The molecule has 3 rings (SSSR count). The number of benzene rings is 1. The van der Waals surface area contributed by atoms with E-state index in [0.29, 0.717) is 36.1 Å². The van der Waals surface area contributed by atoms with Crippen LogP contribution in [0.15, 0.2) is 47.5 Å². The molecule has 2 heterocycles. The fourth-order valence-electron chi connectivity index (χ4n) is 3.35. The molecule has 1 aliphatic heterocycles. The number of pyridine rings is 1. The quantitative estimate of drug-likeness (QED) is 0.832. The van der Waals surface area contributed by atoms with Gasteiger partial charge < -0.3 is 10.2 Å². The molecule has 0 spiro atoms. The van der Waals surface area contributed by atoms with Crippen molar-refractivity contribution < 1.29 is 13.2 Å². The first kappa shape index (κ1) is 20.3. The molecule has 1 amide bonds. The SMILES string of the molecule is CC1CCCN(S(=O)(=O)c2ccc(NC(=O)c3cccnc3N(C)C)cc2)C1. The van der Waals surface area contributed by atoms with E-state index in [-0.39, 0.29) is 10.8 Å². The smallest absolute Gasteiger partial charge is 0.259 e. The summed E-state index contributed by atoms with van der Waals surface area (Å²) in [5.41, 5.74) is 0.982. The van der Waals surface area contributed by atoms with Crippen LogP contribution in [0.3, 0.4) is 0 Å². The normalized spacial score (nSPS) is 17.9. The van der Waals surface area contributed by atoms with Crippen molar-refractivity contribution in [2.45, 2.75) is 24.7 Å². The Kier molecular flexibility index (Phi) is 6.00. The molecule has 2 aromatic rings. The third-order valence-electron chi connectivity index (χ3n) is 4.82. The number of nitrogens with zero attached hydrogens (tertiary/aromatic N) is 3. The van der Waals surface area contributed by atoms with E-state index in [1.807, 2.05) is 14.1 Å². The molecule has 0 saturated carbocycles. The molecule has 1 saturated heterocycles. The van der Waals surface area contributed by atoms with Gasteiger partial charge in [0.25, 0.3) is 5.91 Å². The van der Waals surface area contributed by atoms with Crippen LogP contribution in [0, 0.1) is 5.92 Å². The number of sulfonamides is 1. The summed E-state index contributed by atoms with van der Waals surface area (Å²) in [4.78, 5) is 18.8. The highest BCUT2D eigenvalue weighted by atomic mass is 32.2. The van der Waals surface area contributed by atoms with Crippen molar-refractivity contribution in [3.05, 3.63) is 48.2 Å². The fraction of sp³-hybridized carbons (Fsp3) is 0.400. The average molecular weight is 403 g/mol. The molecule has 0 aliphatic carbocycles. The lowest BCUT2D eigenvalue weighted by atomic mass is 10.0. The first-order chi connectivity index (χ1) is 13.3. The zero-order chi connectivity index (χ0) is 20.3. The summed E-state index contributed by atoms with van der Waals surface area (Å²) < 4.78 is 27.2. The number of anilines is 2. The van der Waals surface area contributed by atoms with Gasteiger partial charge in [0.2, 0.25) is 10.0 Å². The lowest BCUT2D eigenvalue weighted by Gasteiger charge is -2.30. The van der Waals surface area contributed by atoms with Crippen molar-refractivity contribution in [1.82, 2.24) is 9.29 Å². The third-order valence-corrected chi connectivity index (χ3v) is 6.70. The van der Waals surface area contributed by atoms with Crippen molar-refractivity contribution in [2.24, 2.45) is 5.92 Å². The van der Waals surface area contributed by atoms with Crippen LogP contribution in [-0.4, -0.2) is 50.8 Å². The Morgan fingerprint density at radius 3 is 2.57 bits per heavy atom. The summed E-state index contributed by atoms with van der Waals surface area (Å²) in [6.45, 7) is 3.18. The van der Waals surface area contributed by atoms with E-state index in [9.17, 15) is 13.2 Å². The fourth-order valence-corrected chi connectivity index (χ4v) is 4.95. The third kappa shape index (κ3) is 4.34. The van der Waals surface area contributed by atoms with Crippen molar-refractivity contribution in [1.29, 1.82) is 0 Å². The number of carbonyl (C=O) groups is 1. The number of piperidine rings is 1. The van der Waals surface area contributed by atoms with Gasteiger partial charge in [0.05, 0.1) is 10.5 Å². The molecule has 1 aliphatic rings. The van der Waals surface area contributed by atoms with Crippen LogP contribution in [0.25, 0.3) is 0 Å². The molecule has 1 N–H and O–H groups in total. The molecule has 0 bridgehead atoms. The molecule has 8 heteroatoms. The van der Waals surface area contributed by atoms with E-state index in [1.54, 1.807) is 51.8 Å². The van der Waals surface area contributed by atoms with Gasteiger partial charge >= 0.3 is 0 Å². The molecule has 0 radical (unpaired) electrons. The molecule has 1 atom stereocenters. The summed E-state index contributed by atoms with van der Waals surface area (Å²) in [6, 6.07) is 9.72. The molecule has 150 valence electrons. The summed E-state index contributed by atoms with van der Waals surface area (Å²) >= 11 is 0. The highest BCUT2D eigenvalue weighted by Gasteiger charge is 2.28. The van der Waals surface area contributed by atoms with Gasteiger partial charge in [-0.05, 0) is 55.2 Å². The molecule has 28 heavy (non-hydrogen) atoms. The molecule has 1 aromatic carbocycles. The molecule has 7 nitrogen and oxygen atoms in total. The Labute approximate surface area is 166 Å². The van der Waals surface area contributed by atoms with Crippen LogP contribution in [-0.2, 0) is 10.0 Å². The summed E-state index contributed by atoms with van der Waals surface area (Å²) in [6.07, 6.45) is 3.57. The van der Waals surface area contributed by atoms with E-state index in [1.165, 1.54) is 0 Å². The predicted octanol–water partition coefficient (Wildman–Crippen LogP) is 2.82. The lowest BCUT2D eigenvalue weighted by molar-refractivity contribution is 0.102. The highest BCUT2D eigenvalue weighted by molar-refractivity contribution is 7.89. The predicted molar refractivity (Wildman–Crippen MR) is 110 cm³/mol. The minimum atomic E-state index is -3.51. The van der Waals surface area contributed by atoms with E-state index in [2.05, 4.69) is 17.2 Å². The maximum absolute atomic E-state index is 12.8. The van der Waals surface area contributed by atoms with Crippen LogP contribution in [0.4, 0.5) is 11.5 Å². The Morgan fingerprint density at radius 2 is 1.93 bits per heavy atom. The molecule has 1 unspecified atom stereocenters. The van der Waals surface area contributed by atoms with Gasteiger partial charge in [-0.15, -0.1) is 0 Å². The van der Waals surface area contributed by atoms with E-state index >= 15 is 0 Å². The minimum absolute atomic E-state index is 0.245. The van der Waals surface area contributed by atoms with Crippen molar-refractivity contribution in [3.63, 3.8) is 0 Å². The number of aromatic nitrogens is 1. The lowest BCUT2D eigenvalue weighted by Crippen LogP contribution is -2.39. The number of amides is 1. The Morgan fingerprint density at radius 1 is 1.21 bits per heavy atom. The Bertz CT molecular complexity index is 942. The number of carbonyl (C=O) groups excluding carboxylic acids is 1. The van der Waals surface area contributed by atoms with Gasteiger partial charge in [0, 0.05) is 39.1 Å². The maximum atomic E-state index is 12.8.